The maximum Gasteiger partial charge on any atom is 0.303 e. The van der Waals surface area contributed by atoms with E-state index in [2.05, 4.69) is 44.5 Å². The van der Waals surface area contributed by atoms with Crippen LogP contribution in [-0.2, 0) is 4.79 Å². The SMILES string of the molecule is CC(C)CN1CC(CCC(=O)O)N(C)C(C)(C)C1. The van der Waals surface area contributed by atoms with Gasteiger partial charge in [-0.2, -0.15) is 0 Å². The zero-order valence-corrected chi connectivity index (χ0v) is 12.4. The minimum absolute atomic E-state index is 0.121. The lowest BCUT2D eigenvalue weighted by atomic mass is 9.93. The first kappa shape index (κ1) is 15.4. The molecule has 0 saturated carbocycles. The van der Waals surface area contributed by atoms with Crippen molar-refractivity contribution >= 4 is 5.97 Å². The van der Waals surface area contributed by atoms with Crippen LogP contribution in [0, 0.1) is 5.92 Å². The summed E-state index contributed by atoms with van der Waals surface area (Å²) in [5.74, 6) is -0.0356. The Morgan fingerprint density at radius 2 is 2.06 bits per heavy atom. The molecule has 1 heterocycles. The van der Waals surface area contributed by atoms with Crippen LogP contribution in [0.25, 0.3) is 0 Å². The number of hydrogen-bond acceptors (Lipinski definition) is 3. The number of carbonyl (C=O) groups is 1. The number of nitrogens with zero attached hydrogens (tertiary/aromatic N) is 2. The highest BCUT2D eigenvalue weighted by Gasteiger charge is 2.37. The van der Waals surface area contributed by atoms with Crippen molar-refractivity contribution in [2.24, 2.45) is 5.92 Å². The van der Waals surface area contributed by atoms with Gasteiger partial charge < -0.3 is 5.11 Å². The number of likely N-dealkylation sites (N-methyl/N-ethyl adjacent to an activating group) is 1. The van der Waals surface area contributed by atoms with E-state index in [0.29, 0.717) is 12.0 Å². The molecule has 1 atom stereocenters. The second-order valence-electron chi connectivity index (χ2n) is 6.60. The van der Waals surface area contributed by atoms with Gasteiger partial charge in [0.2, 0.25) is 0 Å². The van der Waals surface area contributed by atoms with Crippen molar-refractivity contribution in [2.75, 3.05) is 26.7 Å². The lowest BCUT2D eigenvalue weighted by molar-refractivity contribution is -0.137. The molecular weight excluding hydrogens is 228 g/mol. The third-order valence-corrected chi connectivity index (χ3v) is 3.90. The Morgan fingerprint density at radius 3 is 2.56 bits per heavy atom. The summed E-state index contributed by atoms with van der Waals surface area (Å²) in [6.07, 6.45) is 1.00. The summed E-state index contributed by atoms with van der Waals surface area (Å²) >= 11 is 0. The first-order valence-electron chi connectivity index (χ1n) is 6.89. The van der Waals surface area contributed by atoms with Crippen LogP contribution in [0.1, 0.15) is 40.5 Å². The average molecular weight is 256 g/mol. The van der Waals surface area contributed by atoms with Crippen LogP contribution in [0.3, 0.4) is 0 Å². The summed E-state index contributed by atoms with van der Waals surface area (Å²) in [5.41, 5.74) is 0.121. The van der Waals surface area contributed by atoms with Crippen molar-refractivity contribution in [3.8, 4) is 0 Å². The van der Waals surface area contributed by atoms with Crippen molar-refractivity contribution in [1.82, 2.24) is 9.80 Å². The molecule has 1 aliphatic rings. The minimum Gasteiger partial charge on any atom is -0.481 e. The molecule has 0 aromatic rings. The number of piperazine rings is 1. The lowest BCUT2D eigenvalue weighted by Gasteiger charge is -2.50. The molecule has 0 aromatic carbocycles. The van der Waals surface area contributed by atoms with Gasteiger partial charge in [-0.25, -0.2) is 0 Å². The first-order chi connectivity index (χ1) is 8.22. The van der Waals surface area contributed by atoms with E-state index in [9.17, 15) is 4.79 Å². The number of carboxylic acid groups (broad SMARTS) is 1. The number of aliphatic carboxylic acids is 1. The van der Waals surface area contributed by atoms with Gasteiger partial charge >= 0.3 is 5.97 Å². The molecule has 0 bridgehead atoms. The van der Waals surface area contributed by atoms with Crippen LogP contribution in [0.4, 0.5) is 0 Å². The highest BCUT2D eigenvalue weighted by Crippen LogP contribution is 2.26. The van der Waals surface area contributed by atoms with E-state index >= 15 is 0 Å². The molecule has 18 heavy (non-hydrogen) atoms. The van der Waals surface area contributed by atoms with Crippen molar-refractivity contribution < 1.29 is 9.90 Å². The van der Waals surface area contributed by atoms with Gasteiger partial charge in [0, 0.05) is 37.6 Å². The largest absolute Gasteiger partial charge is 0.481 e. The number of hydrogen-bond donors (Lipinski definition) is 1. The van der Waals surface area contributed by atoms with Crippen molar-refractivity contribution in [1.29, 1.82) is 0 Å². The molecule has 1 saturated heterocycles. The summed E-state index contributed by atoms with van der Waals surface area (Å²) in [6.45, 7) is 12.1. The molecule has 0 spiro atoms. The Morgan fingerprint density at radius 1 is 1.44 bits per heavy atom. The van der Waals surface area contributed by atoms with Crippen molar-refractivity contribution in [3.05, 3.63) is 0 Å². The maximum absolute atomic E-state index is 10.7. The van der Waals surface area contributed by atoms with Crippen LogP contribution in [0.2, 0.25) is 0 Å². The molecule has 1 fully saturated rings. The van der Waals surface area contributed by atoms with E-state index < -0.39 is 5.97 Å². The Balaban J connectivity index is 2.66. The molecule has 0 aliphatic carbocycles. The molecule has 4 heteroatoms. The van der Waals surface area contributed by atoms with E-state index in [1.54, 1.807) is 0 Å². The minimum atomic E-state index is -0.692. The summed E-state index contributed by atoms with van der Waals surface area (Å²) < 4.78 is 0. The van der Waals surface area contributed by atoms with Crippen LogP contribution in [0.5, 0.6) is 0 Å². The third-order valence-electron chi connectivity index (χ3n) is 3.90. The predicted octanol–water partition coefficient (Wildman–Crippen LogP) is 1.90. The Bertz CT molecular complexity index is 290. The van der Waals surface area contributed by atoms with Gasteiger partial charge in [0.15, 0.2) is 0 Å². The Kier molecular flexibility index (Phi) is 5.17. The van der Waals surface area contributed by atoms with Gasteiger partial charge in [-0.3, -0.25) is 14.6 Å². The number of carboxylic acids is 1. The van der Waals surface area contributed by atoms with E-state index in [1.807, 2.05) is 0 Å². The molecule has 0 aromatic heterocycles. The number of rotatable bonds is 5. The second-order valence-corrected chi connectivity index (χ2v) is 6.60. The Hall–Kier alpha value is -0.610. The van der Waals surface area contributed by atoms with E-state index in [4.69, 9.17) is 5.11 Å². The van der Waals surface area contributed by atoms with Gasteiger partial charge in [0.1, 0.15) is 0 Å². The first-order valence-corrected chi connectivity index (χ1v) is 6.89. The van der Waals surface area contributed by atoms with Crippen molar-refractivity contribution in [3.63, 3.8) is 0 Å². The fourth-order valence-electron chi connectivity index (χ4n) is 2.87. The van der Waals surface area contributed by atoms with E-state index in [1.165, 1.54) is 0 Å². The van der Waals surface area contributed by atoms with Crippen LogP contribution < -0.4 is 0 Å². The summed E-state index contributed by atoms with van der Waals surface area (Å²) in [5, 5.41) is 8.84. The lowest BCUT2D eigenvalue weighted by Crippen LogP contribution is -2.62. The summed E-state index contributed by atoms with van der Waals surface area (Å²) in [7, 11) is 2.12. The van der Waals surface area contributed by atoms with Crippen LogP contribution in [0.15, 0.2) is 0 Å². The average Bonchev–Trinajstić information content (AvgIpc) is 2.19. The van der Waals surface area contributed by atoms with Gasteiger partial charge in [-0.1, -0.05) is 13.8 Å². The molecule has 1 rings (SSSR count). The van der Waals surface area contributed by atoms with E-state index in [0.717, 1.165) is 26.1 Å². The topological polar surface area (TPSA) is 43.8 Å². The molecule has 0 amide bonds. The second kappa shape index (κ2) is 6.02. The molecule has 0 radical (unpaired) electrons. The quantitative estimate of drug-likeness (QED) is 0.816. The molecular formula is C14H28N2O2. The standard InChI is InChI=1S/C14H28N2O2/c1-11(2)8-16-9-12(6-7-13(17)18)15(5)14(3,4)10-16/h11-12H,6-10H2,1-5H3,(H,17,18). The maximum atomic E-state index is 10.7. The summed E-state index contributed by atoms with van der Waals surface area (Å²) in [4.78, 5) is 15.6. The zero-order valence-electron chi connectivity index (χ0n) is 12.4. The predicted molar refractivity (Wildman–Crippen MR) is 73.8 cm³/mol. The highest BCUT2D eigenvalue weighted by atomic mass is 16.4. The molecule has 4 nitrogen and oxygen atoms in total. The monoisotopic (exact) mass is 256 g/mol. The fraction of sp³-hybridized carbons (Fsp3) is 0.929. The smallest absolute Gasteiger partial charge is 0.303 e. The van der Waals surface area contributed by atoms with Gasteiger partial charge in [0.05, 0.1) is 0 Å². The molecule has 1 N–H and O–H groups in total. The zero-order chi connectivity index (χ0) is 13.9. The van der Waals surface area contributed by atoms with E-state index in [-0.39, 0.29) is 12.0 Å². The third kappa shape index (κ3) is 4.25. The molecule has 106 valence electrons. The van der Waals surface area contributed by atoms with Crippen molar-refractivity contribution in [2.45, 2.75) is 52.1 Å². The highest BCUT2D eigenvalue weighted by molar-refractivity contribution is 5.66. The normalized spacial score (nSPS) is 25.6. The molecule has 1 unspecified atom stereocenters. The van der Waals surface area contributed by atoms with Gasteiger partial charge in [-0.05, 0) is 33.2 Å². The van der Waals surface area contributed by atoms with Crippen LogP contribution in [-0.4, -0.2) is 59.1 Å². The summed E-state index contributed by atoms with van der Waals surface area (Å²) in [6, 6.07) is 0.351. The Labute approximate surface area is 111 Å². The van der Waals surface area contributed by atoms with Crippen LogP contribution >= 0.6 is 0 Å². The molecule has 1 aliphatic heterocycles. The fourth-order valence-corrected chi connectivity index (χ4v) is 2.87. The van der Waals surface area contributed by atoms with Gasteiger partial charge in [-0.15, -0.1) is 0 Å². The van der Waals surface area contributed by atoms with Gasteiger partial charge in [0.25, 0.3) is 0 Å².